The minimum absolute atomic E-state index is 0.123. The SMILES string of the molecule is CC(C)(C)OC(=O)Nc1ccc(-c2ccc(F)cc2)cc1NC(=O)c1ccc(S(=N)(=O)c2ccccn2)cc1. The van der Waals surface area contributed by atoms with Crippen LogP contribution in [0.25, 0.3) is 11.1 Å². The second kappa shape index (κ2) is 11.0. The van der Waals surface area contributed by atoms with Crippen molar-refractivity contribution in [2.75, 3.05) is 10.6 Å². The van der Waals surface area contributed by atoms with E-state index in [0.29, 0.717) is 16.8 Å². The zero-order valence-corrected chi connectivity index (χ0v) is 22.3. The number of carbonyl (C=O) groups is 2. The lowest BCUT2D eigenvalue weighted by Gasteiger charge is -2.21. The fourth-order valence-corrected chi connectivity index (χ4v) is 4.86. The van der Waals surface area contributed by atoms with Crippen molar-refractivity contribution in [2.45, 2.75) is 36.3 Å². The zero-order chi connectivity index (χ0) is 28.2. The van der Waals surface area contributed by atoms with Gasteiger partial charge in [-0.05, 0) is 92.6 Å². The van der Waals surface area contributed by atoms with Crippen molar-refractivity contribution in [1.29, 1.82) is 4.78 Å². The summed E-state index contributed by atoms with van der Waals surface area (Å²) in [5.41, 5.74) is 1.48. The van der Waals surface area contributed by atoms with Gasteiger partial charge < -0.3 is 10.1 Å². The molecule has 0 aliphatic rings. The van der Waals surface area contributed by atoms with E-state index in [1.165, 1.54) is 48.7 Å². The highest BCUT2D eigenvalue weighted by Gasteiger charge is 2.19. The second-order valence-corrected chi connectivity index (χ2v) is 11.6. The minimum atomic E-state index is -3.35. The van der Waals surface area contributed by atoms with Crippen LogP contribution in [-0.4, -0.2) is 26.8 Å². The molecule has 0 fully saturated rings. The topological polar surface area (TPSA) is 121 Å². The number of nitrogens with zero attached hydrogens (tertiary/aromatic N) is 1. The molecule has 3 aromatic carbocycles. The number of benzene rings is 3. The highest BCUT2D eigenvalue weighted by molar-refractivity contribution is 7.92. The number of rotatable bonds is 6. The summed E-state index contributed by atoms with van der Waals surface area (Å²) in [6.07, 6.45) is 0.769. The van der Waals surface area contributed by atoms with Crippen LogP contribution in [0.1, 0.15) is 31.1 Å². The molecule has 1 unspecified atom stereocenters. The Hall–Kier alpha value is -4.57. The number of carbonyl (C=O) groups excluding carboxylic acids is 2. The van der Waals surface area contributed by atoms with Crippen molar-refractivity contribution in [1.82, 2.24) is 4.98 Å². The van der Waals surface area contributed by atoms with Crippen LogP contribution in [0, 0.1) is 10.6 Å². The van der Waals surface area contributed by atoms with Crippen molar-refractivity contribution in [3.63, 3.8) is 0 Å². The van der Waals surface area contributed by atoms with Crippen LogP contribution in [0.5, 0.6) is 0 Å². The first kappa shape index (κ1) is 27.5. The van der Waals surface area contributed by atoms with E-state index in [-0.39, 0.29) is 27.0 Å². The van der Waals surface area contributed by atoms with Gasteiger partial charge in [-0.3, -0.25) is 10.1 Å². The molecule has 200 valence electrons. The summed E-state index contributed by atoms with van der Waals surface area (Å²) in [6.45, 7) is 5.21. The summed E-state index contributed by atoms with van der Waals surface area (Å²) in [7, 11) is -3.35. The molecular formula is C29H27FN4O4S. The van der Waals surface area contributed by atoms with Crippen LogP contribution < -0.4 is 10.6 Å². The van der Waals surface area contributed by atoms with Crippen LogP contribution in [-0.2, 0) is 14.5 Å². The molecule has 3 N–H and O–H groups in total. The number of nitrogens with one attached hydrogen (secondary N) is 3. The van der Waals surface area contributed by atoms with Crippen molar-refractivity contribution in [3.05, 3.63) is 103 Å². The molecule has 10 heteroatoms. The minimum Gasteiger partial charge on any atom is -0.444 e. The van der Waals surface area contributed by atoms with Gasteiger partial charge in [-0.1, -0.05) is 24.3 Å². The third-order valence-corrected chi connectivity index (χ3v) is 7.23. The summed E-state index contributed by atoms with van der Waals surface area (Å²) in [4.78, 5) is 29.8. The van der Waals surface area contributed by atoms with Gasteiger partial charge in [0, 0.05) is 11.8 Å². The Morgan fingerprint density at radius 1 is 0.872 bits per heavy atom. The number of pyridine rings is 1. The Kier molecular flexibility index (Phi) is 7.78. The molecule has 0 bridgehead atoms. The van der Waals surface area contributed by atoms with Crippen molar-refractivity contribution in [2.24, 2.45) is 0 Å². The average molecular weight is 547 g/mol. The second-order valence-electron chi connectivity index (χ2n) is 9.60. The number of anilines is 2. The summed E-state index contributed by atoms with van der Waals surface area (Å²) in [5, 5.41) is 5.57. The van der Waals surface area contributed by atoms with Crippen molar-refractivity contribution >= 4 is 33.1 Å². The Bertz CT molecular complexity index is 1600. The molecule has 0 aliphatic carbocycles. The molecule has 1 aromatic heterocycles. The molecule has 0 spiro atoms. The number of ether oxygens (including phenoxy) is 1. The first-order valence-electron chi connectivity index (χ1n) is 11.9. The number of aromatic nitrogens is 1. The third kappa shape index (κ3) is 6.85. The quantitative estimate of drug-likeness (QED) is 0.242. The normalized spacial score (nSPS) is 12.7. The maximum Gasteiger partial charge on any atom is 0.412 e. The van der Waals surface area contributed by atoms with Gasteiger partial charge in [-0.15, -0.1) is 0 Å². The van der Waals surface area contributed by atoms with E-state index in [1.807, 2.05) is 0 Å². The summed E-state index contributed by atoms with van der Waals surface area (Å²) < 4.78 is 40.1. The van der Waals surface area contributed by atoms with Gasteiger partial charge in [-0.2, -0.15) is 0 Å². The molecule has 2 amide bonds. The molecule has 4 aromatic rings. The largest absolute Gasteiger partial charge is 0.444 e. The maximum absolute atomic E-state index is 13.4. The average Bonchev–Trinajstić information content (AvgIpc) is 2.89. The van der Waals surface area contributed by atoms with Crippen molar-refractivity contribution < 1.29 is 22.9 Å². The lowest BCUT2D eigenvalue weighted by molar-refractivity contribution is 0.0635. The summed E-state index contributed by atoms with van der Waals surface area (Å²) in [5.74, 6) is -0.877. The maximum atomic E-state index is 13.4. The highest BCUT2D eigenvalue weighted by atomic mass is 32.2. The molecular weight excluding hydrogens is 519 g/mol. The molecule has 0 saturated carbocycles. The van der Waals surface area contributed by atoms with Gasteiger partial charge in [0.05, 0.1) is 16.3 Å². The molecule has 8 nitrogen and oxygen atoms in total. The first-order chi connectivity index (χ1) is 18.4. The number of hydrogen-bond donors (Lipinski definition) is 3. The fourth-order valence-electron chi connectivity index (χ4n) is 3.62. The van der Waals surface area contributed by atoms with Gasteiger partial charge >= 0.3 is 6.09 Å². The fraction of sp³-hybridized carbons (Fsp3) is 0.138. The third-order valence-electron chi connectivity index (χ3n) is 5.46. The van der Waals surface area contributed by atoms with E-state index in [9.17, 15) is 18.2 Å². The monoisotopic (exact) mass is 546 g/mol. The number of amides is 2. The predicted molar refractivity (Wildman–Crippen MR) is 148 cm³/mol. The molecule has 1 heterocycles. The Labute approximate surface area is 226 Å². The van der Waals surface area contributed by atoms with Crippen LogP contribution in [0.3, 0.4) is 0 Å². The molecule has 0 aliphatic heterocycles. The standard InChI is InChI=1S/C29H27FN4O4S/c1-29(2,3)38-28(36)34-24-16-11-21(19-7-12-22(30)13-8-19)18-25(24)33-27(35)20-9-14-23(15-10-20)39(31,37)26-6-4-5-17-32-26/h4-18,31H,1-3H3,(H,33,35)(H,34,36). The Balaban J connectivity index is 1.62. The van der Waals surface area contributed by atoms with Gasteiger partial charge in [0.15, 0.2) is 0 Å². The zero-order valence-electron chi connectivity index (χ0n) is 21.5. The van der Waals surface area contributed by atoms with Gasteiger partial charge in [0.2, 0.25) is 0 Å². The Morgan fingerprint density at radius 3 is 2.15 bits per heavy atom. The van der Waals surface area contributed by atoms with Gasteiger partial charge in [0.1, 0.15) is 26.2 Å². The number of halogens is 1. The van der Waals surface area contributed by atoms with E-state index in [0.717, 1.165) is 0 Å². The van der Waals surface area contributed by atoms with Crippen molar-refractivity contribution in [3.8, 4) is 11.1 Å². The molecule has 4 rings (SSSR count). The molecule has 1 atom stereocenters. The molecule has 0 radical (unpaired) electrons. The van der Waals surface area contributed by atoms with E-state index < -0.39 is 27.3 Å². The van der Waals surface area contributed by atoms with E-state index in [4.69, 9.17) is 9.52 Å². The smallest absolute Gasteiger partial charge is 0.412 e. The first-order valence-corrected chi connectivity index (χ1v) is 13.5. The van der Waals surface area contributed by atoms with E-state index in [1.54, 1.807) is 63.2 Å². The lowest BCUT2D eigenvalue weighted by atomic mass is 10.0. The molecule has 0 saturated heterocycles. The van der Waals surface area contributed by atoms with Crippen LogP contribution in [0.2, 0.25) is 0 Å². The molecule has 39 heavy (non-hydrogen) atoms. The van der Waals surface area contributed by atoms with Crippen LogP contribution in [0.15, 0.2) is 101 Å². The lowest BCUT2D eigenvalue weighted by Crippen LogP contribution is -2.27. The van der Waals surface area contributed by atoms with Crippen LogP contribution >= 0.6 is 0 Å². The van der Waals surface area contributed by atoms with Gasteiger partial charge in [0.25, 0.3) is 5.91 Å². The van der Waals surface area contributed by atoms with E-state index in [2.05, 4.69) is 15.6 Å². The Morgan fingerprint density at radius 2 is 1.54 bits per heavy atom. The number of hydrogen-bond acceptors (Lipinski definition) is 6. The van der Waals surface area contributed by atoms with Crippen LogP contribution in [0.4, 0.5) is 20.6 Å². The van der Waals surface area contributed by atoms with E-state index >= 15 is 0 Å². The summed E-state index contributed by atoms with van der Waals surface area (Å²) in [6, 6.07) is 21.6. The highest BCUT2D eigenvalue weighted by Crippen LogP contribution is 2.30. The summed E-state index contributed by atoms with van der Waals surface area (Å²) >= 11 is 0. The predicted octanol–water partition coefficient (Wildman–Crippen LogP) is 6.95. The van der Waals surface area contributed by atoms with Gasteiger partial charge in [-0.25, -0.2) is 23.2 Å².